The van der Waals surface area contributed by atoms with E-state index in [2.05, 4.69) is 15.0 Å². The summed E-state index contributed by atoms with van der Waals surface area (Å²) in [7, 11) is -1.83. The van der Waals surface area contributed by atoms with Crippen molar-refractivity contribution >= 4 is 27.3 Å². The Hall–Kier alpha value is -2.44. The fourth-order valence-corrected chi connectivity index (χ4v) is 1.60. The van der Waals surface area contributed by atoms with E-state index >= 15 is 0 Å². The Labute approximate surface area is 116 Å². The van der Waals surface area contributed by atoms with Crippen molar-refractivity contribution in [3.05, 3.63) is 36.2 Å². The molecule has 0 aromatic heterocycles. The number of nitrogens with zero attached hydrogens (tertiary/aromatic N) is 2. The number of carbonyl (C=O) groups excluding carboxylic acids is 2. The lowest BCUT2D eigenvalue weighted by atomic mass is 10.3. The van der Waals surface area contributed by atoms with Crippen molar-refractivity contribution in [3.8, 4) is 0 Å². The van der Waals surface area contributed by atoms with Crippen LogP contribution in [0.25, 0.3) is 0 Å². The zero-order valence-corrected chi connectivity index (χ0v) is 11.3. The maximum atomic E-state index is 11.3. The van der Waals surface area contributed by atoms with Crippen molar-refractivity contribution in [3.63, 3.8) is 0 Å². The predicted molar refractivity (Wildman–Crippen MR) is 70.3 cm³/mol. The quantitative estimate of drug-likeness (QED) is 0.224. The third-order valence-electron chi connectivity index (χ3n) is 2.01. The van der Waals surface area contributed by atoms with Crippen molar-refractivity contribution < 1.29 is 23.6 Å². The first-order valence-corrected chi connectivity index (χ1v) is 6.60. The van der Waals surface area contributed by atoms with Crippen LogP contribution in [0.15, 0.2) is 51.3 Å². The number of azo groups is 1. The van der Waals surface area contributed by atoms with Crippen LogP contribution in [0.4, 0.5) is 5.69 Å². The zero-order valence-electron chi connectivity index (χ0n) is 10.5. The maximum Gasteiger partial charge on any atom is 0.362 e. The molecule has 0 aliphatic rings. The molecule has 0 heterocycles. The Morgan fingerprint density at radius 3 is 2.60 bits per heavy atom. The van der Waals surface area contributed by atoms with E-state index in [1.807, 2.05) is 0 Å². The lowest BCUT2D eigenvalue weighted by Gasteiger charge is -2.01. The van der Waals surface area contributed by atoms with Gasteiger partial charge in [-0.2, -0.15) is 15.5 Å². The van der Waals surface area contributed by atoms with E-state index < -0.39 is 16.4 Å². The molecule has 0 spiro atoms. The number of hydrogen-bond acceptors (Lipinski definition) is 8. The van der Waals surface area contributed by atoms with Gasteiger partial charge in [0.25, 0.3) is 0 Å². The van der Waals surface area contributed by atoms with Gasteiger partial charge in [0.2, 0.25) is 5.70 Å². The number of esters is 1. The Balaban J connectivity index is 2.87. The molecular weight excluding hydrogens is 284 g/mol. The van der Waals surface area contributed by atoms with Gasteiger partial charge in [0.1, 0.15) is 6.26 Å². The van der Waals surface area contributed by atoms with Crippen molar-refractivity contribution in [1.29, 1.82) is 0 Å². The largest absolute Gasteiger partial charge is 0.513 e. The van der Waals surface area contributed by atoms with Gasteiger partial charge in [-0.1, -0.05) is 12.1 Å². The lowest BCUT2D eigenvalue weighted by Crippen LogP contribution is -2.05. The van der Waals surface area contributed by atoms with Crippen molar-refractivity contribution in [2.45, 2.75) is 11.8 Å². The van der Waals surface area contributed by atoms with Gasteiger partial charge in [-0.25, -0.2) is 4.79 Å². The number of benzene rings is 1. The summed E-state index contributed by atoms with van der Waals surface area (Å²) in [4.78, 5) is 21.8. The summed E-state index contributed by atoms with van der Waals surface area (Å²) in [5.74, 6) is -0.799. The fraction of sp³-hybridized carbons (Fsp3) is 0.167. The topological polar surface area (TPSA) is 105 Å². The van der Waals surface area contributed by atoms with Crippen LogP contribution in [0.3, 0.4) is 0 Å². The van der Waals surface area contributed by atoms with Gasteiger partial charge in [0, 0.05) is 5.23 Å². The average Bonchev–Trinajstić information content (AvgIpc) is 2.48. The summed E-state index contributed by atoms with van der Waals surface area (Å²) in [6.45, 7) is 1.77. The average molecular weight is 295 g/mol. The van der Waals surface area contributed by atoms with Crippen LogP contribution in [0.1, 0.15) is 6.92 Å². The minimum atomic E-state index is -1.83. The highest BCUT2D eigenvalue weighted by Gasteiger charge is 2.09. The molecule has 0 saturated heterocycles. The fourth-order valence-electron chi connectivity index (χ4n) is 1.12. The molecule has 0 fully saturated rings. The van der Waals surface area contributed by atoms with Gasteiger partial charge in [-0.3, -0.25) is 4.79 Å². The van der Waals surface area contributed by atoms with E-state index in [9.17, 15) is 13.8 Å². The van der Waals surface area contributed by atoms with Crippen molar-refractivity contribution in [1.82, 2.24) is 0 Å². The maximum absolute atomic E-state index is 11.3. The molecule has 0 radical (unpaired) electrons. The number of rotatable bonds is 5. The van der Waals surface area contributed by atoms with Gasteiger partial charge in [0.05, 0.1) is 12.3 Å². The molecule has 8 heteroatoms. The van der Waals surface area contributed by atoms with Crippen molar-refractivity contribution in [2.24, 2.45) is 10.2 Å². The molecule has 1 aromatic rings. The van der Waals surface area contributed by atoms with E-state index in [0.29, 0.717) is 11.9 Å². The second-order valence-electron chi connectivity index (χ2n) is 3.28. The highest BCUT2D eigenvalue weighted by atomic mass is 32.2. The molecule has 20 heavy (non-hydrogen) atoms. The third-order valence-corrected chi connectivity index (χ3v) is 2.86. The van der Waals surface area contributed by atoms with E-state index in [4.69, 9.17) is 5.11 Å². The summed E-state index contributed by atoms with van der Waals surface area (Å²) in [5, 5.41) is 17.4. The number of aliphatic hydroxyl groups excluding tert-OH is 1. The minimum Gasteiger partial charge on any atom is -0.513 e. The van der Waals surface area contributed by atoms with Gasteiger partial charge in [-0.15, -0.1) is 10.0 Å². The predicted octanol–water partition coefficient (Wildman–Crippen LogP) is 2.12. The van der Waals surface area contributed by atoms with E-state index in [1.165, 1.54) is 29.5 Å². The Morgan fingerprint density at radius 2 is 2.10 bits per heavy atom. The van der Waals surface area contributed by atoms with Crippen LogP contribution in [0, 0.1) is 0 Å². The Bertz CT molecular complexity index is 638. The molecule has 0 saturated carbocycles. The molecule has 0 amide bonds. The van der Waals surface area contributed by atoms with Crippen LogP contribution in [-0.2, 0) is 28.9 Å². The molecule has 0 unspecified atom stereocenters. The monoisotopic (exact) mass is 295 g/mol. The first-order chi connectivity index (χ1) is 9.62. The molecule has 106 valence electrons. The van der Waals surface area contributed by atoms with Gasteiger partial charge < -0.3 is 14.1 Å². The number of aliphatic hydroxyl groups is 1. The van der Waals surface area contributed by atoms with Gasteiger partial charge >= 0.3 is 5.97 Å². The standard InChI is InChI=1S/C12H11N2O5S/c1-2-19-12(17)11(7-15)14-13-9-3-5-10(6-4-9)20(18)8-16/h3-7,15H,2H2,1H3/q-1/b11-7-,14-13?. The lowest BCUT2D eigenvalue weighted by molar-refractivity contribution is -0.138. The van der Waals surface area contributed by atoms with E-state index in [0.717, 1.165) is 0 Å². The van der Waals surface area contributed by atoms with Crippen LogP contribution >= 0.6 is 0 Å². The molecule has 1 aromatic carbocycles. The first-order valence-electron chi connectivity index (χ1n) is 5.45. The molecule has 1 N–H and O–H groups in total. The minimum absolute atomic E-state index is 0.147. The third kappa shape index (κ3) is 4.34. The second kappa shape index (κ2) is 7.88. The zero-order chi connectivity index (χ0) is 15.0. The van der Waals surface area contributed by atoms with E-state index in [1.54, 1.807) is 6.92 Å². The highest BCUT2D eigenvalue weighted by Crippen LogP contribution is 2.16. The molecule has 1 rings (SSSR count). The molecule has 0 aliphatic carbocycles. The molecule has 0 aliphatic heterocycles. The van der Waals surface area contributed by atoms with Crippen molar-refractivity contribution in [2.75, 3.05) is 6.61 Å². The summed E-state index contributed by atoms with van der Waals surface area (Å²) >= 11 is 0. The molecule has 0 bridgehead atoms. The smallest absolute Gasteiger partial charge is 0.362 e. The van der Waals surface area contributed by atoms with E-state index in [-0.39, 0.29) is 17.2 Å². The number of hydrogen-bond donors (Lipinski definition) is 1. The Kier molecular flexibility index (Phi) is 6.15. The normalized spacial score (nSPS) is 11.6. The molecule has 7 nitrogen and oxygen atoms in total. The summed E-state index contributed by atoms with van der Waals surface area (Å²) in [5.41, 5.74) is 0.000949. The summed E-state index contributed by atoms with van der Waals surface area (Å²) in [6.07, 6.45) is 0.492. The summed E-state index contributed by atoms with van der Waals surface area (Å²) < 4.78 is 15.8. The SMILES string of the molecule is CCOC(=O)/C(=C/O)N=Nc1ccc([S-](=O)=C=O)cc1. The van der Waals surface area contributed by atoms with Gasteiger partial charge in [0.15, 0.2) is 0 Å². The van der Waals surface area contributed by atoms with Gasteiger partial charge in [-0.05, 0) is 19.1 Å². The molecule has 0 atom stereocenters. The van der Waals surface area contributed by atoms with Crippen LogP contribution < -0.4 is 0 Å². The molecular formula is C12H11N2O5S-. The van der Waals surface area contributed by atoms with Crippen LogP contribution in [-0.4, -0.2) is 22.9 Å². The second-order valence-corrected chi connectivity index (χ2v) is 4.46. The highest BCUT2D eigenvalue weighted by molar-refractivity contribution is 7.82. The number of carbonyl (C=O) groups is 1. The number of ether oxygens (including phenoxy) is 1. The summed E-state index contributed by atoms with van der Waals surface area (Å²) in [6, 6.07) is 5.74. The van der Waals surface area contributed by atoms with Crippen LogP contribution in [0.2, 0.25) is 0 Å². The first kappa shape index (κ1) is 15.6. The Morgan fingerprint density at radius 1 is 1.45 bits per heavy atom. The van der Waals surface area contributed by atoms with Crippen LogP contribution in [0.5, 0.6) is 0 Å².